The van der Waals surface area contributed by atoms with Crippen molar-refractivity contribution in [2.24, 2.45) is 16.8 Å². The van der Waals surface area contributed by atoms with Gasteiger partial charge in [0, 0.05) is 8.04 Å². The maximum atomic E-state index is 12.3. The van der Waals surface area contributed by atoms with Crippen molar-refractivity contribution in [1.82, 2.24) is 5.32 Å². The molecule has 1 aliphatic carbocycles. The van der Waals surface area contributed by atoms with Crippen molar-refractivity contribution < 1.29 is 10.0 Å². The van der Waals surface area contributed by atoms with Crippen molar-refractivity contribution in [2.75, 3.05) is 0 Å². The number of halogens is 2. The Morgan fingerprint density at radius 2 is 2.26 bits per heavy atom. The smallest absolute Gasteiger partial charge is 0.252 e. The van der Waals surface area contributed by atoms with Crippen LogP contribution in [0, 0.1) is 9.49 Å². The number of amides is 1. The van der Waals surface area contributed by atoms with Gasteiger partial charge in [-0.3, -0.25) is 4.79 Å². The number of hydrogen-bond acceptors (Lipinski definition) is 3. The number of hydrogen-bond donors (Lipinski definition) is 3. The summed E-state index contributed by atoms with van der Waals surface area (Å²) in [6.45, 7) is 0. The van der Waals surface area contributed by atoms with Crippen molar-refractivity contribution in [3.05, 3.63) is 31.8 Å². The predicted molar refractivity (Wildman–Crippen MR) is 84.2 cm³/mol. The van der Waals surface area contributed by atoms with Crippen LogP contribution in [0.25, 0.3) is 0 Å². The highest BCUT2D eigenvalue weighted by atomic mass is 127. The zero-order valence-electron chi connectivity index (χ0n) is 9.94. The Hall–Kier alpha value is -0.830. The summed E-state index contributed by atoms with van der Waals surface area (Å²) in [6.07, 6.45) is 1.97. The first-order valence-electron chi connectivity index (χ1n) is 5.76. The molecule has 1 atom stereocenters. The summed E-state index contributed by atoms with van der Waals surface area (Å²) in [5.41, 5.74) is 6.20. The summed E-state index contributed by atoms with van der Waals surface area (Å²) in [4.78, 5) is 12.3. The van der Waals surface area contributed by atoms with Crippen LogP contribution in [0.4, 0.5) is 0 Å². The fourth-order valence-electron chi connectivity index (χ4n) is 1.82. The molecule has 0 spiro atoms. The van der Waals surface area contributed by atoms with Gasteiger partial charge in [0.1, 0.15) is 0 Å². The molecule has 0 heterocycles. The quantitative estimate of drug-likeness (QED) is 0.222. The zero-order valence-corrected chi connectivity index (χ0v) is 13.7. The number of carbonyl (C=O) groups is 1. The first kappa shape index (κ1) is 14.6. The van der Waals surface area contributed by atoms with Gasteiger partial charge in [-0.15, -0.1) is 0 Å². The van der Waals surface area contributed by atoms with Crippen molar-refractivity contribution in [3.63, 3.8) is 0 Å². The summed E-state index contributed by atoms with van der Waals surface area (Å²) in [5.74, 6) is 0.111. The number of nitrogens with one attached hydrogen (secondary N) is 1. The molecule has 1 amide bonds. The highest BCUT2D eigenvalue weighted by molar-refractivity contribution is 14.1. The highest BCUT2D eigenvalue weighted by Crippen LogP contribution is 2.33. The number of benzene rings is 1. The summed E-state index contributed by atoms with van der Waals surface area (Å²) in [5, 5.41) is 14.6. The van der Waals surface area contributed by atoms with E-state index in [1.165, 1.54) is 0 Å². The van der Waals surface area contributed by atoms with Gasteiger partial charge in [0.05, 0.1) is 11.6 Å². The average Bonchev–Trinajstić information content (AvgIpc) is 3.22. The lowest BCUT2D eigenvalue weighted by Gasteiger charge is -2.17. The van der Waals surface area contributed by atoms with Gasteiger partial charge in [-0.1, -0.05) is 21.1 Å². The fraction of sp³-hybridized carbons (Fsp3) is 0.333. The lowest BCUT2D eigenvalue weighted by molar-refractivity contribution is 0.0942. The Morgan fingerprint density at radius 3 is 2.84 bits per heavy atom. The molecule has 2 rings (SSSR count). The molecule has 1 aromatic carbocycles. The molecule has 102 valence electrons. The second-order valence-corrected chi connectivity index (χ2v) is 6.52. The molecule has 0 aromatic heterocycles. The molecule has 5 nitrogen and oxygen atoms in total. The van der Waals surface area contributed by atoms with Crippen LogP contribution >= 0.6 is 38.5 Å². The standard InChI is InChI=1S/C12H13BrIN3O2/c13-7-3-4-9(14)8(5-7)12(18)16-10(6-1-2-6)11(15)17-19/h3-6,10,19H,1-2H2,(H2,15,17)(H,16,18). The Morgan fingerprint density at radius 1 is 1.58 bits per heavy atom. The van der Waals surface area contributed by atoms with Gasteiger partial charge < -0.3 is 16.3 Å². The van der Waals surface area contributed by atoms with Crippen LogP contribution < -0.4 is 11.1 Å². The molecule has 0 bridgehead atoms. The number of amidine groups is 1. The number of oxime groups is 1. The summed E-state index contributed by atoms with van der Waals surface area (Å²) in [7, 11) is 0. The number of carbonyl (C=O) groups excluding carboxylic acids is 1. The molecule has 7 heteroatoms. The van der Waals surface area contributed by atoms with Crippen LogP contribution in [0.15, 0.2) is 27.8 Å². The van der Waals surface area contributed by atoms with E-state index in [0.717, 1.165) is 20.9 Å². The highest BCUT2D eigenvalue weighted by Gasteiger charge is 2.35. The van der Waals surface area contributed by atoms with Gasteiger partial charge in [0.25, 0.3) is 5.91 Å². The van der Waals surface area contributed by atoms with Gasteiger partial charge >= 0.3 is 0 Å². The van der Waals surface area contributed by atoms with Crippen LogP contribution in [0.3, 0.4) is 0 Å². The van der Waals surface area contributed by atoms with Crippen LogP contribution in [-0.4, -0.2) is 23.0 Å². The molecule has 0 radical (unpaired) electrons. The third kappa shape index (κ3) is 3.59. The maximum absolute atomic E-state index is 12.3. The van der Waals surface area contributed by atoms with E-state index in [1.54, 1.807) is 6.07 Å². The lowest BCUT2D eigenvalue weighted by atomic mass is 10.1. The van der Waals surface area contributed by atoms with E-state index in [-0.39, 0.29) is 17.7 Å². The SMILES string of the molecule is N/C(=N/O)C(NC(=O)c1cc(Br)ccc1I)C1CC1. The van der Waals surface area contributed by atoms with E-state index in [2.05, 4.69) is 49.0 Å². The van der Waals surface area contributed by atoms with Crippen LogP contribution in [0.2, 0.25) is 0 Å². The van der Waals surface area contributed by atoms with Gasteiger partial charge in [0.2, 0.25) is 0 Å². The predicted octanol–water partition coefficient (Wildman–Crippen LogP) is 2.31. The second kappa shape index (κ2) is 6.08. The molecular formula is C12H13BrIN3O2. The normalized spacial score (nSPS) is 17.1. The molecule has 1 fully saturated rings. The van der Waals surface area contributed by atoms with Crippen molar-refractivity contribution in [3.8, 4) is 0 Å². The molecular weight excluding hydrogens is 425 g/mol. The van der Waals surface area contributed by atoms with E-state index in [9.17, 15) is 4.79 Å². The van der Waals surface area contributed by atoms with E-state index < -0.39 is 6.04 Å². The zero-order chi connectivity index (χ0) is 14.0. The van der Waals surface area contributed by atoms with Crippen molar-refractivity contribution in [1.29, 1.82) is 0 Å². The topological polar surface area (TPSA) is 87.7 Å². The molecule has 1 aliphatic rings. The van der Waals surface area contributed by atoms with Gasteiger partial charge in [0.15, 0.2) is 5.84 Å². The van der Waals surface area contributed by atoms with E-state index >= 15 is 0 Å². The first-order valence-corrected chi connectivity index (χ1v) is 7.63. The van der Waals surface area contributed by atoms with E-state index in [4.69, 9.17) is 10.9 Å². The van der Waals surface area contributed by atoms with Gasteiger partial charge in [-0.05, 0) is 59.5 Å². The molecule has 1 saturated carbocycles. The number of rotatable bonds is 4. The Kier molecular flexibility index (Phi) is 4.67. The summed E-state index contributed by atoms with van der Waals surface area (Å²) in [6, 6.07) is 5.09. The van der Waals surface area contributed by atoms with Crippen molar-refractivity contribution in [2.45, 2.75) is 18.9 Å². The minimum atomic E-state index is -0.396. The van der Waals surface area contributed by atoms with E-state index in [1.807, 2.05) is 12.1 Å². The number of nitrogens with two attached hydrogens (primary N) is 1. The third-order valence-corrected chi connectivity index (χ3v) is 4.42. The molecule has 1 unspecified atom stereocenters. The maximum Gasteiger partial charge on any atom is 0.252 e. The second-order valence-electron chi connectivity index (χ2n) is 4.44. The molecule has 19 heavy (non-hydrogen) atoms. The minimum absolute atomic E-state index is 0.0563. The molecule has 0 aliphatic heterocycles. The molecule has 0 saturated heterocycles. The Bertz CT molecular complexity index is 532. The first-order chi connectivity index (χ1) is 9.02. The Balaban J connectivity index is 2.17. The van der Waals surface area contributed by atoms with Crippen LogP contribution in [0.5, 0.6) is 0 Å². The number of nitrogens with zero attached hydrogens (tertiary/aromatic N) is 1. The van der Waals surface area contributed by atoms with Gasteiger partial charge in [-0.2, -0.15) is 0 Å². The molecule has 4 N–H and O–H groups in total. The Labute approximate surface area is 132 Å². The van der Waals surface area contributed by atoms with E-state index in [0.29, 0.717) is 5.56 Å². The van der Waals surface area contributed by atoms with Crippen LogP contribution in [0.1, 0.15) is 23.2 Å². The summed E-state index contributed by atoms with van der Waals surface area (Å²) < 4.78 is 1.69. The van der Waals surface area contributed by atoms with Gasteiger partial charge in [-0.25, -0.2) is 0 Å². The van der Waals surface area contributed by atoms with Crippen molar-refractivity contribution >= 4 is 50.3 Å². The lowest BCUT2D eigenvalue weighted by Crippen LogP contribution is -2.46. The fourth-order valence-corrected chi connectivity index (χ4v) is 2.76. The molecule has 1 aromatic rings. The average molecular weight is 438 g/mol. The minimum Gasteiger partial charge on any atom is -0.409 e. The summed E-state index contributed by atoms with van der Waals surface area (Å²) >= 11 is 5.45. The largest absolute Gasteiger partial charge is 0.409 e. The van der Waals surface area contributed by atoms with Crippen LogP contribution in [-0.2, 0) is 0 Å². The third-order valence-electron chi connectivity index (χ3n) is 2.99. The monoisotopic (exact) mass is 437 g/mol.